The van der Waals surface area contributed by atoms with Crippen LogP contribution in [0.5, 0.6) is 17.2 Å². The minimum Gasteiger partial charge on any atom is -0.490 e. The zero-order valence-electron chi connectivity index (χ0n) is 23.7. The molecule has 4 rings (SSSR count). The molecule has 0 bridgehead atoms. The van der Waals surface area contributed by atoms with E-state index in [2.05, 4.69) is 30.3 Å². The van der Waals surface area contributed by atoms with E-state index in [0.29, 0.717) is 32.2 Å². The maximum Gasteiger partial charge on any atom is 0.573 e. The lowest BCUT2D eigenvalue weighted by Gasteiger charge is -2.29. The predicted molar refractivity (Wildman–Crippen MR) is 148 cm³/mol. The summed E-state index contributed by atoms with van der Waals surface area (Å²) in [6, 6.07) is 7.63. The molecule has 2 aliphatic rings. The summed E-state index contributed by atoms with van der Waals surface area (Å²) in [5.41, 5.74) is -0.180. The molecule has 2 aromatic rings. The molecule has 3 N–H and O–H groups in total. The number of anilines is 1. The summed E-state index contributed by atoms with van der Waals surface area (Å²) in [6.07, 6.45) is -4.86. The second kappa shape index (κ2) is 14.7. The summed E-state index contributed by atoms with van der Waals surface area (Å²) in [6.45, 7) is 2.69. The van der Waals surface area contributed by atoms with Gasteiger partial charge in [0.05, 0.1) is 11.7 Å². The van der Waals surface area contributed by atoms with Crippen LogP contribution in [-0.2, 0) is 0 Å². The molecule has 3 amide bonds. The summed E-state index contributed by atoms with van der Waals surface area (Å²) in [7, 11) is 0. The van der Waals surface area contributed by atoms with Gasteiger partial charge in [-0.1, -0.05) is 12.5 Å². The van der Waals surface area contributed by atoms with Crippen LogP contribution in [0.25, 0.3) is 0 Å². The number of rotatable bonds is 10. The molecule has 1 aliphatic heterocycles. The van der Waals surface area contributed by atoms with E-state index in [1.165, 1.54) is 24.3 Å². The number of likely N-dealkylation sites (tertiary alicyclic amines) is 1. The summed E-state index contributed by atoms with van der Waals surface area (Å²) in [5.74, 6) is -1.60. The molecule has 15 heteroatoms. The Morgan fingerprint density at radius 3 is 2.23 bits per heavy atom. The van der Waals surface area contributed by atoms with Crippen LogP contribution in [0.4, 0.5) is 36.8 Å². The molecule has 1 saturated heterocycles. The first kappa shape index (κ1) is 33.0. The van der Waals surface area contributed by atoms with Gasteiger partial charge in [-0.2, -0.15) is 0 Å². The van der Waals surface area contributed by atoms with Crippen molar-refractivity contribution in [1.82, 2.24) is 15.5 Å². The summed E-state index contributed by atoms with van der Waals surface area (Å²) < 4.78 is 90.3. The minimum absolute atomic E-state index is 0.116. The van der Waals surface area contributed by atoms with E-state index in [-0.39, 0.29) is 35.7 Å². The highest BCUT2D eigenvalue weighted by Gasteiger charge is 2.34. The number of carbonyl (C=O) groups is 2. The van der Waals surface area contributed by atoms with Crippen LogP contribution in [0, 0.1) is 0 Å². The normalized spacial score (nSPS) is 19.5. The van der Waals surface area contributed by atoms with E-state index >= 15 is 0 Å². The summed E-state index contributed by atoms with van der Waals surface area (Å²) in [5, 5.41) is 7.92. The Kier molecular flexibility index (Phi) is 11.1. The Bertz CT molecular complexity index is 1260. The van der Waals surface area contributed by atoms with Crippen LogP contribution in [0.15, 0.2) is 42.5 Å². The molecule has 0 radical (unpaired) electrons. The van der Waals surface area contributed by atoms with Crippen molar-refractivity contribution in [2.24, 2.45) is 0 Å². The van der Waals surface area contributed by atoms with Crippen molar-refractivity contribution in [3.63, 3.8) is 0 Å². The number of piperidine rings is 1. The van der Waals surface area contributed by atoms with Gasteiger partial charge in [0.15, 0.2) is 0 Å². The van der Waals surface area contributed by atoms with E-state index in [1.807, 2.05) is 0 Å². The third kappa shape index (κ3) is 11.0. The topological polar surface area (TPSA) is 101 Å². The average Bonchev–Trinajstić information content (AvgIpc) is 2.94. The lowest BCUT2D eigenvalue weighted by molar-refractivity contribution is -0.275. The molecule has 0 unspecified atom stereocenters. The zero-order valence-corrected chi connectivity index (χ0v) is 23.7. The van der Waals surface area contributed by atoms with Crippen LogP contribution in [-0.4, -0.2) is 67.9 Å². The average molecular weight is 633 g/mol. The Balaban J connectivity index is 1.28. The van der Waals surface area contributed by atoms with Gasteiger partial charge in [-0.3, -0.25) is 4.79 Å². The Morgan fingerprint density at radius 2 is 1.55 bits per heavy atom. The number of hydrogen-bond donors (Lipinski definition) is 3. The van der Waals surface area contributed by atoms with Crippen molar-refractivity contribution in [2.45, 2.75) is 69.8 Å². The lowest BCUT2D eigenvalue weighted by Crippen LogP contribution is -2.41. The number of alkyl halides is 6. The Morgan fingerprint density at radius 1 is 0.841 bits per heavy atom. The first-order valence-electron chi connectivity index (χ1n) is 14.3. The summed E-state index contributed by atoms with van der Waals surface area (Å²) >= 11 is 0. The zero-order chi connectivity index (χ0) is 31.7. The van der Waals surface area contributed by atoms with Gasteiger partial charge in [-0.25, -0.2) is 4.79 Å². The van der Waals surface area contributed by atoms with Gasteiger partial charge >= 0.3 is 18.8 Å². The molecule has 1 aliphatic carbocycles. The fourth-order valence-electron chi connectivity index (χ4n) is 5.22. The molecule has 0 aromatic heterocycles. The van der Waals surface area contributed by atoms with Crippen LogP contribution >= 0.6 is 0 Å². The number of carbonyl (C=O) groups excluding carboxylic acids is 2. The quantitative estimate of drug-likeness (QED) is 0.270. The maximum absolute atomic E-state index is 13.0. The molecular weight excluding hydrogens is 598 g/mol. The number of nitrogens with zero attached hydrogens (tertiary/aromatic N) is 1. The molecule has 0 spiro atoms. The van der Waals surface area contributed by atoms with Crippen LogP contribution in [0.3, 0.4) is 0 Å². The lowest BCUT2D eigenvalue weighted by atomic mass is 9.93. The van der Waals surface area contributed by atoms with E-state index < -0.39 is 36.2 Å². The fraction of sp³-hybridized carbons (Fsp3) is 0.517. The molecule has 2 aromatic carbocycles. The minimum atomic E-state index is -4.98. The van der Waals surface area contributed by atoms with E-state index in [0.717, 1.165) is 50.6 Å². The largest absolute Gasteiger partial charge is 0.573 e. The van der Waals surface area contributed by atoms with Crippen LogP contribution < -0.4 is 30.2 Å². The number of amides is 3. The highest BCUT2D eigenvalue weighted by molar-refractivity contribution is 5.97. The highest BCUT2D eigenvalue weighted by atomic mass is 19.4. The number of halogens is 6. The monoisotopic (exact) mass is 632 g/mol. The van der Waals surface area contributed by atoms with Crippen molar-refractivity contribution in [1.29, 1.82) is 0 Å². The molecule has 1 saturated carbocycles. The number of hydrogen-bond acceptors (Lipinski definition) is 6. The van der Waals surface area contributed by atoms with Crippen molar-refractivity contribution < 1.29 is 50.1 Å². The van der Waals surface area contributed by atoms with Gasteiger partial charge in [0, 0.05) is 30.9 Å². The SMILES string of the molecule is O=C(Nc1cccc(OC(F)(F)F)c1)NC1CCC(Oc2ccc(OC(F)(F)F)c(C(=O)NCCN3CCCCC3)c2)CC1. The molecular formula is C29H34F6N4O5. The van der Waals surface area contributed by atoms with Gasteiger partial charge in [0.2, 0.25) is 0 Å². The Hall–Kier alpha value is -3.88. The number of urea groups is 1. The van der Waals surface area contributed by atoms with Crippen molar-refractivity contribution >= 4 is 17.6 Å². The molecule has 9 nitrogen and oxygen atoms in total. The number of benzene rings is 2. The highest BCUT2D eigenvalue weighted by Crippen LogP contribution is 2.32. The Labute approximate surface area is 250 Å². The molecule has 0 atom stereocenters. The van der Waals surface area contributed by atoms with Crippen LogP contribution in [0.2, 0.25) is 0 Å². The molecule has 242 valence electrons. The van der Waals surface area contributed by atoms with Gasteiger partial charge in [0.1, 0.15) is 17.2 Å². The van der Waals surface area contributed by atoms with E-state index in [1.54, 1.807) is 0 Å². The fourth-order valence-corrected chi connectivity index (χ4v) is 5.22. The van der Waals surface area contributed by atoms with Crippen molar-refractivity contribution in [3.8, 4) is 17.2 Å². The van der Waals surface area contributed by atoms with Crippen molar-refractivity contribution in [3.05, 3.63) is 48.0 Å². The van der Waals surface area contributed by atoms with Gasteiger partial charge < -0.3 is 35.1 Å². The predicted octanol–water partition coefficient (Wildman–Crippen LogP) is 6.21. The first-order valence-corrected chi connectivity index (χ1v) is 14.3. The smallest absolute Gasteiger partial charge is 0.490 e. The van der Waals surface area contributed by atoms with Gasteiger partial charge in [-0.15, -0.1) is 26.3 Å². The number of ether oxygens (including phenoxy) is 3. The molecule has 2 fully saturated rings. The maximum atomic E-state index is 13.0. The third-order valence-electron chi connectivity index (χ3n) is 7.22. The second-order valence-electron chi connectivity index (χ2n) is 10.6. The van der Waals surface area contributed by atoms with E-state index in [4.69, 9.17) is 4.74 Å². The van der Waals surface area contributed by atoms with Gasteiger partial charge in [-0.05, 0) is 81.9 Å². The van der Waals surface area contributed by atoms with Crippen LogP contribution in [0.1, 0.15) is 55.3 Å². The van der Waals surface area contributed by atoms with Crippen molar-refractivity contribution in [2.75, 3.05) is 31.5 Å². The first-order chi connectivity index (χ1) is 20.8. The molecule has 1 heterocycles. The summed E-state index contributed by atoms with van der Waals surface area (Å²) in [4.78, 5) is 27.4. The van der Waals surface area contributed by atoms with Gasteiger partial charge in [0.25, 0.3) is 5.91 Å². The number of nitrogens with one attached hydrogen (secondary N) is 3. The molecule has 44 heavy (non-hydrogen) atoms. The standard InChI is InChI=1S/C29H34F6N4O5/c30-28(31,32)43-23-6-4-5-20(17-23)38-27(41)37-19-7-9-21(10-8-19)42-22-11-12-25(44-29(33,34)35)24(18-22)26(40)36-13-16-39-14-2-1-3-15-39/h4-6,11-12,17-19,21H,1-3,7-10,13-16H2,(H,36,40)(H2,37,38,41). The second-order valence-corrected chi connectivity index (χ2v) is 10.6. The van der Waals surface area contributed by atoms with E-state index in [9.17, 15) is 35.9 Å². The third-order valence-corrected chi connectivity index (χ3v) is 7.22.